The maximum atomic E-state index is 13.0. The summed E-state index contributed by atoms with van der Waals surface area (Å²) in [5.41, 5.74) is -0.122. The van der Waals surface area contributed by atoms with Crippen LogP contribution in [-0.4, -0.2) is 28.4 Å². The Labute approximate surface area is 237 Å². The minimum Gasteiger partial charge on any atom is -0.493 e. The smallest absolute Gasteiger partial charge is 0.347 e. The van der Waals surface area contributed by atoms with Gasteiger partial charge in [0.25, 0.3) is 11.4 Å². The summed E-state index contributed by atoms with van der Waals surface area (Å²) in [7, 11) is 0. The quantitative estimate of drug-likeness (QED) is 0.0568. The SMILES string of the molecule is CCCCCCCCCCOc1cc(C(=O)Oc2ccc([N+](=O)[O-])cc2)ccc1C(=O)Oc1ccc([N+](=O)[O-])cc1. The highest BCUT2D eigenvalue weighted by atomic mass is 16.6. The minimum absolute atomic E-state index is 0.0646. The minimum atomic E-state index is -0.764. The number of non-ortho nitro benzene ring substituents is 2. The van der Waals surface area contributed by atoms with Crippen molar-refractivity contribution in [3.63, 3.8) is 0 Å². The van der Waals surface area contributed by atoms with Gasteiger partial charge in [0.2, 0.25) is 0 Å². The van der Waals surface area contributed by atoms with Crippen molar-refractivity contribution in [1.82, 2.24) is 0 Å². The van der Waals surface area contributed by atoms with E-state index < -0.39 is 21.8 Å². The van der Waals surface area contributed by atoms with Crippen molar-refractivity contribution >= 4 is 23.3 Å². The second-order valence-electron chi connectivity index (χ2n) is 9.32. The summed E-state index contributed by atoms with van der Waals surface area (Å²) in [6.45, 7) is 2.49. The highest BCUT2D eigenvalue weighted by Crippen LogP contribution is 2.26. The zero-order valence-corrected chi connectivity index (χ0v) is 22.8. The number of nitro benzene ring substituents is 2. The van der Waals surface area contributed by atoms with Gasteiger partial charge in [-0.3, -0.25) is 20.2 Å². The van der Waals surface area contributed by atoms with Gasteiger partial charge < -0.3 is 14.2 Å². The normalized spacial score (nSPS) is 10.6. The van der Waals surface area contributed by atoms with E-state index in [0.717, 1.165) is 25.7 Å². The van der Waals surface area contributed by atoms with E-state index in [9.17, 15) is 29.8 Å². The summed E-state index contributed by atoms with van der Waals surface area (Å²) in [6, 6.07) is 14.3. The molecule has 0 spiro atoms. The average molecular weight is 565 g/mol. The molecule has 0 saturated carbocycles. The lowest BCUT2D eigenvalue weighted by atomic mass is 10.1. The van der Waals surface area contributed by atoms with Crippen LogP contribution in [0.1, 0.15) is 79.0 Å². The van der Waals surface area contributed by atoms with Crippen molar-refractivity contribution in [1.29, 1.82) is 0 Å². The van der Waals surface area contributed by atoms with Gasteiger partial charge in [0.05, 0.1) is 22.0 Å². The van der Waals surface area contributed by atoms with Crippen molar-refractivity contribution in [2.24, 2.45) is 0 Å². The van der Waals surface area contributed by atoms with E-state index in [1.807, 2.05) is 0 Å². The van der Waals surface area contributed by atoms with Gasteiger partial charge in [-0.15, -0.1) is 0 Å². The van der Waals surface area contributed by atoms with E-state index in [1.54, 1.807) is 0 Å². The standard InChI is InChI=1S/C30H32N2O9/c1-2-3-4-5-6-7-8-9-20-39-28-21-22(29(33)40-25-15-11-23(12-16-25)31(35)36)10-19-27(28)30(34)41-26-17-13-24(14-18-26)32(37)38/h10-19,21H,2-9,20H2,1H3. The summed E-state index contributed by atoms with van der Waals surface area (Å²) in [4.78, 5) is 46.4. The number of unbranched alkanes of at least 4 members (excludes halogenated alkanes) is 7. The Morgan fingerprint density at radius 3 is 1.66 bits per heavy atom. The van der Waals surface area contributed by atoms with Gasteiger partial charge in [0, 0.05) is 24.3 Å². The number of benzene rings is 3. The largest absolute Gasteiger partial charge is 0.493 e. The molecule has 11 heteroatoms. The number of carbonyl (C=O) groups is 2. The Kier molecular flexibility index (Phi) is 11.8. The maximum Gasteiger partial charge on any atom is 0.347 e. The van der Waals surface area contributed by atoms with Gasteiger partial charge in [0.1, 0.15) is 22.8 Å². The molecule has 0 aliphatic heterocycles. The van der Waals surface area contributed by atoms with E-state index in [1.165, 1.54) is 92.4 Å². The third kappa shape index (κ3) is 9.71. The summed E-state index contributed by atoms with van der Waals surface area (Å²) < 4.78 is 16.6. The molecular weight excluding hydrogens is 532 g/mol. The van der Waals surface area contributed by atoms with Crippen molar-refractivity contribution in [2.45, 2.75) is 58.3 Å². The Hall–Kier alpha value is -4.80. The summed E-state index contributed by atoms with van der Waals surface area (Å²) in [5.74, 6) is -1.16. The highest BCUT2D eigenvalue weighted by Gasteiger charge is 2.20. The molecule has 0 atom stereocenters. The van der Waals surface area contributed by atoms with Crippen molar-refractivity contribution in [3.8, 4) is 17.2 Å². The number of hydrogen-bond donors (Lipinski definition) is 0. The van der Waals surface area contributed by atoms with Gasteiger partial charge in [-0.25, -0.2) is 9.59 Å². The summed E-state index contributed by atoms with van der Waals surface area (Å²) >= 11 is 0. The molecule has 216 valence electrons. The van der Waals surface area contributed by atoms with Crippen LogP contribution in [0.15, 0.2) is 66.7 Å². The zero-order valence-electron chi connectivity index (χ0n) is 22.8. The Morgan fingerprint density at radius 1 is 0.659 bits per heavy atom. The van der Waals surface area contributed by atoms with E-state index in [2.05, 4.69) is 6.92 Å². The molecule has 0 unspecified atom stereocenters. The lowest BCUT2D eigenvalue weighted by Gasteiger charge is -2.13. The molecule has 0 radical (unpaired) electrons. The van der Waals surface area contributed by atoms with Crippen molar-refractivity contribution in [3.05, 3.63) is 98.1 Å². The molecule has 0 aromatic heterocycles. The summed E-state index contributed by atoms with van der Waals surface area (Å²) in [6.07, 6.45) is 8.80. The molecule has 0 heterocycles. The molecule has 0 bridgehead atoms. The first-order valence-electron chi connectivity index (χ1n) is 13.5. The Morgan fingerprint density at radius 2 is 1.15 bits per heavy atom. The number of carbonyl (C=O) groups excluding carboxylic acids is 2. The molecule has 0 aliphatic rings. The number of ether oxygens (including phenoxy) is 3. The van der Waals surface area contributed by atoms with Crippen LogP contribution in [0.4, 0.5) is 11.4 Å². The highest BCUT2D eigenvalue weighted by molar-refractivity contribution is 5.97. The van der Waals surface area contributed by atoms with Crippen LogP contribution in [0.5, 0.6) is 17.2 Å². The fourth-order valence-corrected chi connectivity index (χ4v) is 3.96. The predicted molar refractivity (Wildman–Crippen MR) is 151 cm³/mol. The molecule has 0 saturated heterocycles. The molecule has 0 fully saturated rings. The molecule has 0 N–H and O–H groups in total. The average Bonchev–Trinajstić information content (AvgIpc) is 2.96. The predicted octanol–water partition coefficient (Wildman–Crippen LogP) is 7.46. The number of nitro groups is 2. The lowest BCUT2D eigenvalue weighted by Crippen LogP contribution is -2.14. The number of hydrogen-bond acceptors (Lipinski definition) is 9. The second-order valence-corrected chi connectivity index (χ2v) is 9.32. The third-order valence-corrected chi connectivity index (χ3v) is 6.21. The van der Waals surface area contributed by atoms with Gasteiger partial charge in [0.15, 0.2) is 0 Å². The molecule has 0 amide bonds. The van der Waals surface area contributed by atoms with E-state index in [-0.39, 0.29) is 39.8 Å². The maximum absolute atomic E-state index is 13.0. The topological polar surface area (TPSA) is 148 Å². The zero-order chi connectivity index (χ0) is 29.6. The van der Waals surface area contributed by atoms with Crippen LogP contribution in [0.2, 0.25) is 0 Å². The van der Waals surface area contributed by atoms with Crippen LogP contribution >= 0.6 is 0 Å². The van der Waals surface area contributed by atoms with E-state index in [0.29, 0.717) is 6.61 Å². The molecule has 3 rings (SSSR count). The summed E-state index contributed by atoms with van der Waals surface area (Å²) in [5, 5.41) is 21.7. The van der Waals surface area contributed by atoms with Gasteiger partial charge >= 0.3 is 11.9 Å². The molecular formula is C30H32N2O9. The van der Waals surface area contributed by atoms with Gasteiger partial charge in [-0.1, -0.05) is 51.9 Å². The van der Waals surface area contributed by atoms with Crippen LogP contribution in [-0.2, 0) is 0 Å². The van der Waals surface area contributed by atoms with Crippen LogP contribution < -0.4 is 14.2 Å². The van der Waals surface area contributed by atoms with Gasteiger partial charge in [-0.2, -0.15) is 0 Å². The fourth-order valence-electron chi connectivity index (χ4n) is 3.96. The number of nitrogens with zero attached hydrogens (tertiary/aromatic N) is 2. The van der Waals surface area contributed by atoms with Gasteiger partial charge in [-0.05, 0) is 48.9 Å². The Balaban J connectivity index is 1.70. The Bertz CT molecular complexity index is 1340. The fraction of sp³-hybridized carbons (Fsp3) is 0.333. The van der Waals surface area contributed by atoms with Crippen LogP contribution in [0.3, 0.4) is 0 Å². The first-order valence-corrected chi connectivity index (χ1v) is 13.5. The van der Waals surface area contributed by atoms with Crippen LogP contribution in [0.25, 0.3) is 0 Å². The third-order valence-electron chi connectivity index (χ3n) is 6.21. The molecule has 41 heavy (non-hydrogen) atoms. The van der Waals surface area contributed by atoms with Crippen LogP contribution in [0, 0.1) is 20.2 Å². The number of rotatable bonds is 16. The molecule has 3 aromatic carbocycles. The van der Waals surface area contributed by atoms with E-state index in [4.69, 9.17) is 14.2 Å². The molecule has 11 nitrogen and oxygen atoms in total. The van der Waals surface area contributed by atoms with E-state index >= 15 is 0 Å². The molecule has 0 aliphatic carbocycles. The van der Waals surface area contributed by atoms with Crippen molar-refractivity contribution in [2.75, 3.05) is 6.61 Å². The monoisotopic (exact) mass is 564 g/mol. The van der Waals surface area contributed by atoms with Crippen molar-refractivity contribution < 1.29 is 33.6 Å². The first kappa shape index (κ1) is 30.7. The molecule has 3 aromatic rings. The lowest BCUT2D eigenvalue weighted by molar-refractivity contribution is -0.385. The second kappa shape index (κ2) is 15.7. The number of esters is 2. The first-order chi connectivity index (χ1) is 19.8.